The van der Waals surface area contributed by atoms with E-state index in [1.165, 1.54) is 17.8 Å². The predicted octanol–water partition coefficient (Wildman–Crippen LogP) is 5.51. The fraction of sp³-hybridized carbons (Fsp3) is 0.581. The summed E-state index contributed by atoms with van der Waals surface area (Å²) >= 11 is 0. The van der Waals surface area contributed by atoms with E-state index in [4.69, 9.17) is 9.47 Å². The molecule has 9 heteroatoms. The number of carbonyl (C=O) groups excluding carboxylic acids is 2. The highest BCUT2D eigenvalue weighted by Gasteiger charge is 2.64. The Morgan fingerprint density at radius 2 is 1.62 bits per heavy atom. The number of nitrogens with zero attached hydrogens (tertiary/aromatic N) is 3. The zero-order chi connectivity index (χ0) is 29.6. The van der Waals surface area contributed by atoms with Gasteiger partial charge in [0.2, 0.25) is 0 Å². The molecule has 0 atom stereocenters. The Bertz CT molecular complexity index is 1260. The van der Waals surface area contributed by atoms with Crippen molar-refractivity contribution in [1.29, 1.82) is 0 Å². The smallest absolute Gasteiger partial charge is 0.410 e. The SMILES string of the molecule is Cc1ccc(OC2C(C)(C)C(NC(=O)c3cnc(N4CCN(C(=O)OC(C)(C)C)CC4)cc3F)C2(C)C)cc1C. The number of hydrogen-bond acceptors (Lipinski definition) is 6. The summed E-state index contributed by atoms with van der Waals surface area (Å²) in [6.07, 6.45) is 0.793. The molecule has 1 aliphatic heterocycles. The van der Waals surface area contributed by atoms with Crippen molar-refractivity contribution in [3.63, 3.8) is 0 Å². The maximum atomic E-state index is 15.2. The van der Waals surface area contributed by atoms with Gasteiger partial charge in [-0.1, -0.05) is 33.8 Å². The molecule has 2 heterocycles. The Morgan fingerprint density at radius 3 is 2.17 bits per heavy atom. The van der Waals surface area contributed by atoms with Gasteiger partial charge in [-0.3, -0.25) is 4.79 Å². The minimum atomic E-state index is -0.630. The lowest BCUT2D eigenvalue weighted by Gasteiger charge is -2.63. The zero-order valence-corrected chi connectivity index (χ0v) is 25.2. The molecule has 0 spiro atoms. The Morgan fingerprint density at radius 1 is 1.00 bits per heavy atom. The number of benzene rings is 1. The number of anilines is 1. The van der Waals surface area contributed by atoms with Crippen LogP contribution in [0.3, 0.4) is 0 Å². The first-order chi connectivity index (χ1) is 18.5. The molecule has 1 aromatic carbocycles. The van der Waals surface area contributed by atoms with Gasteiger partial charge in [0.15, 0.2) is 0 Å². The van der Waals surface area contributed by atoms with Gasteiger partial charge in [0, 0.05) is 55.3 Å². The third-order valence-electron chi connectivity index (χ3n) is 8.19. The summed E-state index contributed by atoms with van der Waals surface area (Å²) in [5, 5.41) is 3.06. The molecular weight excluding hydrogens is 511 g/mol. The number of pyridine rings is 1. The molecule has 0 radical (unpaired) electrons. The number of nitrogens with one attached hydrogen (secondary N) is 1. The Balaban J connectivity index is 1.38. The number of amides is 2. The fourth-order valence-corrected chi connectivity index (χ4v) is 6.14. The predicted molar refractivity (Wildman–Crippen MR) is 153 cm³/mol. The van der Waals surface area contributed by atoms with Crippen LogP contribution in [0.2, 0.25) is 0 Å². The van der Waals surface area contributed by atoms with Crippen LogP contribution in [0.5, 0.6) is 5.75 Å². The second kappa shape index (κ2) is 10.6. The Labute approximate surface area is 237 Å². The maximum absolute atomic E-state index is 15.2. The molecule has 8 nitrogen and oxygen atoms in total. The Hall–Kier alpha value is -3.36. The number of rotatable bonds is 5. The van der Waals surface area contributed by atoms with Crippen molar-refractivity contribution in [2.45, 2.75) is 80.1 Å². The monoisotopic (exact) mass is 554 g/mol. The van der Waals surface area contributed by atoms with E-state index >= 15 is 4.39 Å². The average Bonchev–Trinajstić information content (AvgIpc) is 2.86. The fourth-order valence-electron chi connectivity index (χ4n) is 6.14. The molecule has 1 aliphatic carbocycles. The van der Waals surface area contributed by atoms with Crippen LogP contribution < -0.4 is 15.0 Å². The van der Waals surface area contributed by atoms with E-state index in [1.54, 1.807) is 4.90 Å². The van der Waals surface area contributed by atoms with Crippen molar-refractivity contribution in [1.82, 2.24) is 15.2 Å². The molecule has 2 amide bonds. The molecular formula is C31H43FN4O4. The van der Waals surface area contributed by atoms with Crippen molar-refractivity contribution in [2.75, 3.05) is 31.1 Å². The molecule has 2 fully saturated rings. The van der Waals surface area contributed by atoms with Gasteiger partial charge in [-0.25, -0.2) is 14.2 Å². The lowest BCUT2D eigenvalue weighted by molar-refractivity contribution is -0.164. The largest absolute Gasteiger partial charge is 0.489 e. The van der Waals surface area contributed by atoms with Crippen molar-refractivity contribution in [3.05, 3.63) is 53.0 Å². The number of piperazine rings is 1. The first-order valence-corrected chi connectivity index (χ1v) is 13.9. The molecule has 1 saturated heterocycles. The standard InChI is InChI=1S/C31H43FN4O4/c1-19-10-11-21(16-20(19)2)39-27-30(6,7)26(31(27,8)9)34-25(37)22-18-33-24(17-23(22)32)35-12-14-36(15-13-35)28(38)40-29(3,4)5/h10-11,16-18,26-27H,12-15H2,1-9H3,(H,34,37). The van der Waals surface area contributed by atoms with Gasteiger partial charge in [0.05, 0.1) is 5.56 Å². The number of aromatic nitrogens is 1. The molecule has 2 aliphatic rings. The van der Waals surface area contributed by atoms with E-state index in [0.717, 1.165) is 11.3 Å². The topological polar surface area (TPSA) is 84.0 Å². The molecule has 218 valence electrons. The number of aryl methyl sites for hydroxylation is 2. The molecule has 1 saturated carbocycles. The van der Waals surface area contributed by atoms with Gasteiger partial charge in [-0.2, -0.15) is 0 Å². The molecule has 4 rings (SSSR count). The van der Waals surface area contributed by atoms with Crippen LogP contribution in [0.15, 0.2) is 30.5 Å². The van der Waals surface area contributed by atoms with Crippen molar-refractivity contribution in [2.24, 2.45) is 10.8 Å². The highest BCUT2D eigenvalue weighted by molar-refractivity contribution is 5.94. The van der Waals surface area contributed by atoms with E-state index in [1.807, 2.05) is 43.9 Å². The molecule has 2 aromatic rings. The lowest BCUT2D eigenvalue weighted by atomic mass is 9.49. The summed E-state index contributed by atoms with van der Waals surface area (Å²) in [7, 11) is 0. The van der Waals surface area contributed by atoms with Crippen LogP contribution in [0.1, 0.15) is 70.0 Å². The highest BCUT2D eigenvalue weighted by Crippen LogP contribution is 2.55. The third kappa shape index (κ3) is 5.88. The van der Waals surface area contributed by atoms with Crippen molar-refractivity contribution < 1.29 is 23.5 Å². The molecule has 1 aromatic heterocycles. The number of halogens is 1. The summed E-state index contributed by atoms with van der Waals surface area (Å²) in [5.74, 6) is 0.109. The molecule has 0 bridgehead atoms. The first-order valence-electron chi connectivity index (χ1n) is 13.9. The van der Waals surface area contributed by atoms with Gasteiger partial charge in [0.25, 0.3) is 5.91 Å². The highest BCUT2D eigenvalue weighted by atomic mass is 19.1. The van der Waals surface area contributed by atoms with E-state index in [-0.39, 0.29) is 34.6 Å². The first kappa shape index (κ1) is 29.6. The van der Waals surface area contributed by atoms with Gasteiger partial charge < -0.3 is 24.6 Å². The van der Waals surface area contributed by atoms with Crippen LogP contribution in [-0.2, 0) is 4.74 Å². The van der Waals surface area contributed by atoms with E-state index in [9.17, 15) is 9.59 Å². The van der Waals surface area contributed by atoms with Crippen LogP contribution in [0.25, 0.3) is 0 Å². The van der Waals surface area contributed by atoms with E-state index in [2.05, 4.69) is 51.8 Å². The summed E-state index contributed by atoms with van der Waals surface area (Å²) in [4.78, 5) is 33.5. The van der Waals surface area contributed by atoms with E-state index in [0.29, 0.717) is 32.0 Å². The average molecular weight is 555 g/mol. The third-order valence-corrected chi connectivity index (χ3v) is 8.19. The van der Waals surface area contributed by atoms with Crippen LogP contribution in [-0.4, -0.2) is 65.8 Å². The molecule has 0 unspecified atom stereocenters. The summed E-state index contributed by atoms with van der Waals surface area (Å²) in [6.45, 7) is 19.7. The van der Waals surface area contributed by atoms with Crippen LogP contribution in [0, 0.1) is 30.5 Å². The second-order valence-electron chi connectivity index (χ2n) is 13.3. The number of hydrogen-bond donors (Lipinski definition) is 1. The quantitative estimate of drug-likeness (QED) is 0.525. The van der Waals surface area contributed by atoms with Crippen molar-refractivity contribution >= 4 is 17.8 Å². The van der Waals surface area contributed by atoms with Crippen LogP contribution >= 0.6 is 0 Å². The van der Waals surface area contributed by atoms with Crippen LogP contribution in [0.4, 0.5) is 15.0 Å². The summed E-state index contributed by atoms with van der Waals surface area (Å²) < 4.78 is 27.1. The van der Waals surface area contributed by atoms with Gasteiger partial charge in [-0.05, 0) is 57.9 Å². The van der Waals surface area contributed by atoms with Gasteiger partial charge in [0.1, 0.15) is 29.1 Å². The summed E-state index contributed by atoms with van der Waals surface area (Å²) in [5.41, 5.74) is 0.947. The lowest BCUT2D eigenvalue weighted by Crippen LogP contribution is -2.74. The second-order valence-corrected chi connectivity index (χ2v) is 13.3. The number of carbonyl (C=O) groups is 2. The normalized spacial score (nSPS) is 21.9. The maximum Gasteiger partial charge on any atom is 0.410 e. The van der Waals surface area contributed by atoms with Crippen molar-refractivity contribution in [3.8, 4) is 5.75 Å². The Kier molecular flexibility index (Phi) is 7.82. The van der Waals surface area contributed by atoms with Gasteiger partial charge in [-0.15, -0.1) is 0 Å². The zero-order valence-electron chi connectivity index (χ0n) is 25.2. The summed E-state index contributed by atoms with van der Waals surface area (Å²) in [6, 6.07) is 7.11. The van der Waals surface area contributed by atoms with Gasteiger partial charge >= 0.3 is 6.09 Å². The number of ether oxygens (including phenoxy) is 2. The minimum absolute atomic E-state index is 0.0960. The molecule has 40 heavy (non-hydrogen) atoms. The molecule has 1 N–H and O–H groups in total. The minimum Gasteiger partial charge on any atom is -0.489 e. The van der Waals surface area contributed by atoms with E-state index < -0.39 is 17.3 Å².